The molecule has 0 spiro atoms. The van der Waals surface area contributed by atoms with Crippen molar-refractivity contribution in [3.05, 3.63) is 95.1 Å². The van der Waals surface area contributed by atoms with E-state index in [4.69, 9.17) is 9.47 Å². The smallest absolute Gasteiger partial charge is 0.343 e. The van der Waals surface area contributed by atoms with Crippen LogP contribution in [0.3, 0.4) is 0 Å². The zero-order valence-corrected chi connectivity index (χ0v) is 19.0. The first-order valence-corrected chi connectivity index (χ1v) is 11.2. The fraction of sp³-hybridized carbons (Fsp3) is 0.286. The van der Waals surface area contributed by atoms with E-state index in [0.717, 1.165) is 18.6 Å². The van der Waals surface area contributed by atoms with Crippen LogP contribution in [-0.4, -0.2) is 26.2 Å². The van der Waals surface area contributed by atoms with Gasteiger partial charge in [0.1, 0.15) is 11.5 Å². The first-order valence-electron chi connectivity index (χ1n) is 11.2. The molecule has 0 saturated heterocycles. The minimum Gasteiger partial charge on any atom is -0.497 e. The summed E-state index contributed by atoms with van der Waals surface area (Å²) in [4.78, 5) is 24.1. The number of hydrogen-bond donors (Lipinski definition) is 0. The summed E-state index contributed by atoms with van der Waals surface area (Å²) >= 11 is 0. The second kappa shape index (κ2) is 9.90. The molecular weight excluding hydrogens is 416 g/mol. The van der Waals surface area contributed by atoms with E-state index in [2.05, 4.69) is 29.0 Å². The number of carbonyl (C=O) groups is 2. The molecule has 0 amide bonds. The fourth-order valence-electron chi connectivity index (χ4n) is 4.68. The van der Waals surface area contributed by atoms with E-state index in [1.54, 1.807) is 31.4 Å². The van der Waals surface area contributed by atoms with E-state index < -0.39 is 11.9 Å². The second-order valence-electron chi connectivity index (χ2n) is 8.35. The lowest BCUT2D eigenvalue weighted by Crippen LogP contribution is -2.30. The lowest BCUT2D eigenvalue weighted by molar-refractivity contribution is 0.0599. The molecule has 0 heterocycles. The lowest BCUT2D eigenvalue weighted by Gasteiger charge is -2.38. The zero-order valence-electron chi connectivity index (χ0n) is 19.0. The highest BCUT2D eigenvalue weighted by Gasteiger charge is 2.35. The molecule has 1 aliphatic carbocycles. The normalized spacial score (nSPS) is 14.8. The molecule has 5 nitrogen and oxygen atoms in total. The molecule has 5 heteroatoms. The molecule has 0 N–H and O–H groups in total. The Hall–Kier alpha value is -3.60. The molecular formula is C28H28O5. The Kier molecular flexibility index (Phi) is 6.78. The number of rotatable bonds is 6. The quantitative estimate of drug-likeness (QED) is 0.347. The van der Waals surface area contributed by atoms with Crippen LogP contribution in [0.2, 0.25) is 0 Å². The summed E-state index contributed by atoms with van der Waals surface area (Å²) < 4.78 is 15.6. The Morgan fingerprint density at radius 2 is 1.12 bits per heavy atom. The van der Waals surface area contributed by atoms with Crippen LogP contribution in [0.15, 0.2) is 72.8 Å². The molecule has 33 heavy (non-hydrogen) atoms. The van der Waals surface area contributed by atoms with Gasteiger partial charge in [-0.2, -0.15) is 0 Å². The summed E-state index contributed by atoms with van der Waals surface area (Å²) in [6, 6.07) is 22.4. The predicted octanol–water partition coefficient (Wildman–Crippen LogP) is 5.95. The third-order valence-electron chi connectivity index (χ3n) is 6.51. The molecule has 0 bridgehead atoms. The van der Waals surface area contributed by atoms with Gasteiger partial charge in [0.15, 0.2) is 0 Å². The van der Waals surface area contributed by atoms with Crippen molar-refractivity contribution in [1.82, 2.24) is 0 Å². The van der Waals surface area contributed by atoms with Crippen LogP contribution >= 0.6 is 0 Å². The molecule has 3 aromatic carbocycles. The van der Waals surface area contributed by atoms with Crippen LogP contribution in [0.4, 0.5) is 0 Å². The SMILES string of the molecule is COC(=O)c1ccc(C(=O)Oc2ccc(C3(c4ccc(OC)cc4)CCCCC3)cc2)cc1. The van der Waals surface area contributed by atoms with Gasteiger partial charge in [-0.3, -0.25) is 0 Å². The van der Waals surface area contributed by atoms with Crippen molar-refractivity contribution in [1.29, 1.82) is 0 Å². The zero-order chi connectivity index (χ0) is 23.3. The van der Waals surface area contributed by atoms with Gasteiger partial charge in [0.25, 0.3) is 0 Å². The number of esters is 2. The molecule has 0 aromatic heterocycles. The van der Waals surface area contributed by atoms with E-state index in [-0.39, 0.29) is 5.41 Å². The molecule has 1 saturated carbocycles. The van der Waals surface area contributed by atoms with Gasteiger partial charge < -0.3 is 14.2 Å². The van der Waals surface area contributed by atoms with Crippen molar-refractivity contribution in [2.45, 2.75) is 37.5 Å². The van der Waals surface area contributed by atoms with Crippen LogP contribution in [0.25, 0.3) is 0 Å². The van der Waals surface area contributed by atoms with Gasteiger partial charge >= 0.3 is 11.9 Å². The average Bonchev–Trinajstić information content (AvgIpc) is 2.89. The molecule has 3 aromatic rings. The van der Waals surface area contributed by atoms with E-state index in [0.29, 0.717) is 16.9 Å². The van der Waals surface area contributed by atoms with Gasteiger partial charge in [-0.05, 0) is 72.5 Å². The third-order valence-corrected chi connectivity index (χ3v) is 6.51. The maximum absolute atomic E-state index is 12.5. The van der Waals surface area contributed by atoms with Crippen LogP contribution < -0.4 is 9.47 Å². The Morgan fingerprint density at radius 1 is 0.636 bits per heavy atom. The van der Waals surface area contributed by atoms with Gasteiger partial charge in [0.2, 0.25) is 0 Å². The van der Waals surface area contributed by atoms with E-state index in [1.165, 1.54) is 37.5 Å². The Labute approximate surface area is 194 Å². The lowest BCUT2D eigenvalue weighted by atomic mass is 9.65. The largest absolute Gasteiger partial charge is 0.497 e. The predicted molar refractivity (Wildman–Crippen MR) is 126 cm³/mol. The third kappa shape index (κ3) is 4.77. The van der Waals surface area contributed by atoms with Crippen LogP contribution in [0, 0.1) is 0 Å². The minimum atomic E-state index is -0.471. The van der Waals surface area contributed by atoms with Gasteiger partial charge in [-0.25, -0.2) is 9.59 Å². The Bertz CT molecular complexity index is 1090. The summed E-state index contributed by atoms with van der Waals surface area (Å²) in [6.07, 6.45) is 5.80. The number of methoxy groups -OCH3 is 2. The molecule has 170 valence electrons. The molecule has 0 radical (unpaired) electrons. The number of hydrogen-bond acceptors (Lipinski definition) is 5. The van der Waals surface area contributed by atoms with Crippen molar-refractivity contribution < 1.29 is 23.8 Å². The van der Waals surface area contributed by atoms with Crippen LogP contribution in [0.1, 0.15) is 63.9 Å². The van der Waals surface area contributed by atoms with Gasteiger partial charge in [-0.1, -0.05) is 43.5 Å². The second-order valence-corrected chi connectivity index (χ2v) is 8.35. The first-order chi connectivity index (χ1) is 16.1. The number of carbonyl (C=O) groups excluding carboxylic acids is 2. The monoisotopic (exact) mass is 444 g/mol. The van der Waals surface area contributed by atoms with Gasteiger partial charge in [-0.15, -0.1) is 0 Å². The standard InChI is InChI=1S/C28H28O5/c1-31-24-14-10-22(11-15-24)28(18-4-3-5-19-28)23-12-16-25(17-13-23)33-27(30)21-8-6-20(7-9-21)26(29)32-2/h6-17H,3-5,18-19H2,1-2H3. The van der Waals surface area contributed by atoms with Gasteiger partial charge in [0, 0.05) is 5.41 Å². The maximum Gasteiger partial charge on any atom is 0.343 e. The fourth-order valence-corrected chi connectivity index (χ4v) is 4.68. The molecule has 1 aliphatic rings. The molecule has 4 rings (SSSR count). The summed E-state index contributed by atoms with van der Waals surface area (Å²) in [5.41, 5.74) is 3.23. The molecule has 0 unspecified atom stereocenters. The first kappa shape index (κ1) is 22.6. The average molecular weight is 445 g/mol. The highest BCUT2D eigenvalue weighted by molar-refractivity contribution is 5.94. The Balaban J connectivity index is 1.53. The number of ether oxygens (including phenoxy) is 3. The van der Waals surface area contributed by atoms with Crippen molar-refractivity contribution in [2.24, 2.45) is 0 Å². The molecule has 0 atom stereocenters. The molecule has 1 fully saturated rings. The van der Waals surface area contributed by atoms with Gasteiger partial charge in [0.05, 0.1) is 25.3 Å². The van der Waals surface area contributed by atoms with Crippen LogP contribution in [-0.2, 0) is 10.2 Å². The van der Waals surface area contributed by atoms with Crippen molar-refractivity contribution >= 4 is 11.9 Å². The highest BCUT2D eigenvalue weighted by atomic mass is 16.5. The van der Waals surface area contributed by atoms with E-state index in [9.17, 15) is 9.59 Å². The summed E-state index contributed by atoms with van der Waals surface area (Å²) in [7, 11) is 3.00. The Morgan fingerprint density at radius 3 is 1.61 bits per heavy atom. The minimum absolute atomic E-state index is 0.0449. The summed E-state index contributed by atoms with van der Waals surface area (Å²) in [5.74, 6) is 0.425. The number of benzene rings is 3. The highest BCUT2D eigenvalue weighted by Crippen LogP contribution is 2.45. The van der Waals surface area contributed by atoms with Crippen molar-refractivity contribution in [2.75, 3.05) is 14.2 Å². The topological polar surface area (TPSA) is 61.8 Å². The summed E-state index contributed by atoms with van der Waals surface area (Å²) in [6.45, 7) is 0. The van der Waals surface area contributed by atoms with E-state index >= 15 is 0 Å². The maximum atomic E-state index is 12.5. The molecule has 0 aliphatic heterocycles. The van der Waals surface area contributed by atoms with Crippen molar-refractivity contribution in [3.63, 3.8) is 0 Å². The van der Waals surface area contributed by atoms with Crippen molar-refractivity contribution in [3.8, 4) is 11.5 Å². The summed E-state index contributed by atoms with van der Waals surface area (Å²) in [5, 5.41) is 0. The van der Waals surface area contributed by atoms with E-state index in [1.807, 2.05) is 24.3 Å². The van der Waals surface area contributed by atoms with Crippen LogP contribution in [0.5, 0.6) is 11.5 Å².